The standard InChI is InChI=1S/C25H28N2O4S2/c1-20-11-13-24(14-12-20)33(29,30)27(22-9-6-10-23(17-22)31-2)18-25(28)26-15-16-32-19-21-7-4-3-5-8-21/h3-14,17H,15-16,18-19H2,1-2H3,(H,26,28). The van der Waals surface area contributed by atoms with E-state index in [-0.39, 0.29) is 17.3 Å². The van der Waals surface area contributed by atoms with Crippen LogP contribution in [-0.4, -0.2) is 40.3 Å². The molecule has 3 aromatic rings. The van der Waals surface area contributed by atoms with Crippen LogP contribution in [0.5, 0.6) is 5.75 Å². The molecule has 174 valence electrons. The van der Waals surface area contributed by atoms with Gasteiger partial charge in [0.25, 0.3) is 10.0 Å². The van der Waals surface area contributed by atoms with Crippen molar-refractivity contribution in [1.29, 1.82) is 0 Å². The van der Waals surface area contributed by atoms with E-state index in [1.807, 2.05) is 25.1 Å². The number of carbonyl (C=O) groups is 1. The second-order valence-corrected chi connectivity index (χ2v) is 10.4. The van der Waals surface area contributed by atoms with Gasteiger partial charge in [0.1, 0.15) is 12.3 Å². The highest BCUT2D eigenvalue weighted by molar-refractivity contribution is 7.98. The summed E-state index contributed by atoms with van der Waals surface area (Å²) in [5.41, 5.74) is 2.54. The number of methoxy groups -OCH3 is 1. The number of aryl methyl sites for hydroxylation is 1. The van der Waals surface area contributed by atoms with Crippen LogP contribution < -0.4 is 14.4 Å². The van der Waals surface area contributed by atoms with E-state index in [0.29, 0.717) is 18.0 Å². The van der Waals surface area contributed by atoms with Gasteiger partial charge in [-0.05, 0) is 36.8 Å². The van der Waals surface area contributed by atoms with Gasteiger partial charge in [0, 0.05) is 24.1 Å². The Hall–Kier alpha value is -2.97. The Morgan fingerprint density at radius 3 is 2.42 bits per heavy atom. The van der Waals surface area contributed by atoms with Crippen LogP contribution in [0.1, 0.15) is 11.1 Å². The third-order valence-corrected chi connectivity index (χ3v) is 7.74. The minimum atomic E-state index is -3.95. The molecule has 0 spiro atoms. The molecular formula is C25H28N2O4S2. The number of rotatable bonds is 11. The molecule has 0 unspecified atom stereocenters. The molecule has 0 atom stereocenters. The lowest BCUT2D eigenvalue weighted by molar-refractivity contribution is -0.119. The molecule has 0 aromatic heterocycles. The molecule has 3 aromatic carbocycles. The van der Waals surface area contributed by atoms with Crippen molar-refractivity contribution in [2.24, 2.45) is 0 Å². The first kappa shape index (κ1) is 24.7. The molecule has 0 heterocycles. The zero-order valence-corrected chi connectivity index (χ0v) is 20.4. The number of carbonyl (C=O) groups excluding carboxylic acids is 1. The second-order valence-electron chi connectivity index (χ2n) is 7.41. The maximum absolute atomic E-state index is 13.4. The first-order valence-electron chi connectivity index (χ1n) is 10.5. The van der Waals surface area contributed by atoms with E-state index in [1.165, 1.54) is 12.7 Å². The van der Waals surface area contributed by atoms with Crippen molar-refractivity contribution >= 4 is 33.4 Å². The van der Waals surface area contributed by atoms with Crippen LogP contribution in [0.25, 0.3) is 0 Å². The van der Waals surface area contributed by atoms with Crippen LogP contribution in [-0.2, 0) is 20.6 Å². The molecule has 8 heteroatoms. The smallest absolute Gasteiger partial charge is 0.264 e. The van der Waals surface area contributed by atoms with Gasteiger partial charge in [-0.15, -0.1) is 0 Å². The van der Waals surface area contributed by atoms with Gasteiger partial charge in [0.2, 0.25) is 5.91 Å². The number of thioether (sulfide) groups is 1. The molecule has 0 saturated carbocycles. The second kappa shape index (κ2) is 11.8. The number of nitrogens with one attached hydrogen (secondary N) is 1. The van der Waals surface area contributed by atoms with E-state index in [0.717, 1.165) is 21.4 Å². The van der Waals surface area contributed by atoms with Crippen LogP contribution in [0, 0.1) is 6.92 Å². The van der Waals surface area contributed by atoms with Crippen molar-refractivity contribution in [3.63, 3.8) is 0 Å². The first-order valence-corrected chi connectivity index (χ1v) is 13.1. The number of hydrogen-bond donors (Lipinski definition) is 1. The van der Waals surface area contributed by atoms with Crippen molar-refractivity contribution in [2.75, 3.05) is 30.3 Å². The fraction of sp³-hybridized carbons (Fsp3) is 0.240. The topological polar surface area (TPSA) is 75.7 Å². The van der Waals surface area contributed by atoms with Gasteiger partial charge in [-0.3, -0.25) is 9.10 Å². The third kappa shape index (κ3) is 7.00. The Labute approximate surface area is 200 Å². The Morgan fingerprint density at radius 2 is 1.73 bits per heavy atom. The summed E-state index contributed by atoms with van der Waals surface area (Å²) in [6.45, 7) is 2.01. The Balaban J connectivity index is 1.68. The van der Waals surface area contributed by atoms with Gasteiger partial charge in [-0.1, -0.05) is 54.1 Å². The van der Waals surface area contributed by atoms with Gasteiger partial charge in [-0.25, -0.2) is 8.42 Å². The fourth-order valence-electron chi connectivity index (χ4n) is 3.13. The van der Waals surface area contributed by atoms with Gasteiger partial charge >= 0.3 is 0 Å². The SMILES string of the molecule is COc1cccc(N(CC(=O)NCCSCc2ccccc2)S(=O)(=O)c2ccc(C)cc2)c1. The molecule has 0 aliphatic heterocycles. The number of nitrogens with zero attached hydrogens (tertiary/aromatic N) is 1. The predicted molar refractivity (Wildman–Crippen MR) is 134 cm³/mol. The highest BCUT2D eigenvalue weighted by Gasteiger charge is 2.27. The molecule has 0 radical (unpaired) electrons. The summed E-state index contributed by atoms with van der Waals surface area (Å²) in [4.78, 5) is 12.8. The zero-order valence-electron chi connectivity index (χ0n) is 18.7. The molecule has 1 amide bonds. The third-order valence-electron chi connectivity index (χ3n) is 4.92. The van der Waals surface area contributed by atoms with Crippen molar-refractivity contribution in [1.82, 2.24) is 5.32 Å². The number of sulfonamides is 1. The van der Waals surface area contributed by atoms with E-state index in [1.54, 1.807) is 60.3 Å². The number of anilines is 1. The quantitative estimate of drug-likeness (QED) is 0.412. The summed E-state index contributed by atoms with van der Waals surface area (Å²) in [7, 11) is -2.44. The van der Waals surface area contributed by atoms with Crippen molar-refractivity contribution < 1.29 is 17.9 Å². The average Bonchev–Trinajstić information content (AvgIpc) is 2.83. The summed E-state index contributed by atoms with van der Waals surface area (Å²) < 4.78 is 33.2. The van der Waals surface area contributed by atoms with Crippen LogP contribution in [0.15, 0.2) is 83.8 Å². The fourth-order valence-corrected chi connectivity index (χ4v) is 5.36. The summed E-state index contributed by atoms with van der Waals surface area (Å²) in [5, 5.41) is 2.83. The molecule has 0 aliphatic rings. The number of benzene rings is 3. The van der Waals surface area contributed by atoms with Gasteiger partial charge in [0.15, 0.2) is 0 Å². The van der Waals surface area contributed by atoms with E-state index < -0.39 is 10.0 Å². The Morgan fingerprint density at radius 1 is 1.00 bits per heavy atom. The number of ether oxygens (including phenoxy) is 1. The molecule has 33 heavy (non-hydrogen) atoms. The van der Waals surface area contributed by atoms with Gasteiger partial charge < -0.3 is 10.1 Å². The summed E-state index contributed by atoms with van der Waals surface area (Å²) in [5.74, 6) is 1.72. The van der Waals surface area contributed by atoms with E-state index in [2.05, 4.69) is 17.4 Å². The molecule has 0 aliphatic carbocycles. The summed E-state index contributed by atoms with van der Waals surface area (Å²) >= 11 is 1.71. The molecule has 6 nitrogen and oxygen atoms in total. The molecule has 0 saturated heterocycles. The Bertz CT molecular complexity index is 1150. The zero-order chi connectivity index (χ0) is 23.7. The first-order chi connectivity index (χ1) is 15.9. The van der Waals surface area contributed by atoms with E-state index in [9.17, 15) is 13.2 Å². The van der Waals surface area contributed by atoms with E-state index in [4.69, 9.17) is 4.74 Å². The number of hydrogen-bond acceptors (Lipinski definition) is 5. The molecule has 0 fully saturated rings. The maximum atomic E-state index is 13.4. The van der Waals surface area contributed by atoms with Crippen LogP contribution >= 0.6 is 11.8 Å². The molecule has 3 rings (SSSR count). The van der Waals surface area contributed by atoms with Crippen molar-refractivity contribution in [3.8, 4) is 5.75 Å². The summed E-state index contributed by atoms with van der Waals surface area (Å²) in [6.07, 6.45) is 0. The molecule has 1 N–H and O–H groups in total. The summed E-state index contributed by atoms with van der Waals surface area (Å²) in [6, 6.07) is 23.4. The van der Waals surface area contributed by atoms with Crippen LogP contribution in [0.3, 0.4) is 0 Å². The monoisotopic (exact) mass is 484 g/mol. The minimum Gasteiger partial charge on any atom is -0.497 e. The van der Waals surface area contributed by atoms with Crippen molar-refractivity contribution in [2.45, 2.75) is 17.6 Å². The van der Waals surface area contributed by atoms with E-state index >= 15 is 0 Å². The average molecular weight is 485 g/mol. The highest BCUT2D eigenvalue weighted by Crippen LogP contribution is 2.27. The predicted octanol–water partition coefficient (Wildman–Crippen LogP) is 4.25. The largest absolute Gasteiger partial charge is 0.497 e. The Kier molecular flexibility index (Phi) is 8.79. The highest BCUT2D eigenvalue weighted by atomic mass is 32.2. The van der Waals surface area contributed by atoms with Crippen molar-refractivity contribution in [3.05, 3.63) is 90.0 Å². The lowest BCUT2D eigenvalue weighted by Crippen LogP contribution is -2.41. The molecular weight excluding hydrogens is 456 g/mol. The van der Waals surface area contributed by atoms with Crippen LogP contribution in [0.4, 0.5) is 5.69 Å². The lowest BCUT2D eigenvalue weighted by Gasteiger charge is -2.24. The van der Waals surface area contributed by atoms with Gasteiger partial charge in [0.05, 0.1) is 17.7 Å². The normalized spacial score (nSPS) is 11.1. The molecule has 0 bridgehead atoms. The minimum absolute atomic E-state index is 0.127. The number of amides is 1. The lowest BCUT2D eigenvalue weighted by atomic mass is 10.2. The van der Waals surface area contributed by atoms with Gasteiger partial charge in [-0.2, -0.15) is 11.8 Å². The van der Waals surface area contributed by atoms with Crippen LogP contribution in [0.2, 0.25) is 0 Å². The maximum Gasteiger partial charge on any atom is 0.264 e.